The molecular formula is C16H14O5. The topological polar surface area (TPSA) is 83.8 Å². The molecule has 2 aromatic rings. The normalized spacial score (nSPS) is 13.4. The molecule has 0 aliphatic carbocycles. The fourth-order valence-corrected chi connectivity index (χ4v) is 1.74. The average molecular weight is 286 g/mol. The molecule has 0 aliphatic heterocycles. The van der Waals surface area contributed by atoms with Crippen LogP contribution in [0.1, 0.15) is 20.7 Å². The zero-order chi connectivity index (χ0) is 15.2. The summed E-state index contributed by atoms with van der Waals surface area (Å²) in [7, 11) is 0. The number of aliphatic hydroxyl groups is 2. The van der Waals surface area contributed by atoms with Gasteiger partial charge in [-0.1, -0.05) is 60.7 Å². The zero-order valence-corrected chi connectivity index (χ0v) is 11.0. The summed E-state index contributed by atoms with van der Waals surface area (Å²) in [5, 5.41) is 19.3. The molecule has 2 N–H and O–H groups in total. The summed E-state index contributed by atoms with van der Waals surface area (Å²) in [6.07, 6.45) is -3.81. The van der Waals surface area contributed by atoms with Crippen molar-refractivity contribution in [1.29, 1.82) is 0 Å². The molecule has 0 spiro atoms. The van der Waals surface area contributed by atoms with Crippen LogP contribution in [0.2, 0.25) is 0 Å². The van der Waals surface area contributed by atoms with Crippen LogP contribution in [0.3, 0.4) is 0 Å². The van der Waals surface area contributed by atoms with Gasteiger partial charge in [0, 0.05) is 11.1 Å². The van der Waals surface area contributed by atoms with Gasteiger partial charge >= 0.3 is 0 Å². The van der Waals surface area contributed by atoms with Crippen LogP contribution in [0, 0.1) is 0 Å². The van der Waals surface area contributed by atoms with Crippen LogP contribution in [0.15, 0.2) is 60.7 Å². The quantitative estimate of drug-likeness (QED) is 0.619. The summed E-state index contributed by atoms with van der Waals surface area (Å²) >= 11 is 0. The van der Waals surface area contributed by atoms with Gasteiger partial charge in [0.15, 0.2) is 0 Å². The van der Waals surface area contributed by atoms with E-state index < -0.39 is 24.1 Å². The Bertz CT molecular complexity index is 554. The molecule has 0 bridgehead atoms. The van der Waals surface area contributed by atoms with E-state index in [0.29, 0.717) is 0 Å². The highest BCUT2D eigenvalue weighted by Gasteiger charge is 2.25. The summed E-state index contributed by atoms with van der Waals surface area (Å²) in [4.78, 5) is 23.7. The Morgan fingerprint density at radius 2 is 1.05 bits per heavy atom. The number of aliphatic hydroxyl groups excluding tert-OH is 2. The molecule has 0 aromatic heterocycles. The maximum atomic E-state index is 11.8. The summed E-state index contributed by atoms with van der Waals surface area (Å²) < 4.78 is 4.69. The highest BCUT2D eigenvalue weighted by molar-refractivity contribution is 6.00. The van der Waals surface area contributed by atoms with Crippen LogP contribution in [0.5, 0.6) is 0 Å². The van der Waals surface area contributed by atoms with Crippen LogP contribution < -0.4 is 0 Å². The molecule has 108 valence electrons. The number of hydrogen-bond donors (Lipinski definition) is 2. The number of benzene rings is 2. The third-order valence-corrected chi connectivity index (χ3v) is 2.82. The molecule has 2 atom stereocenters. The van der Waals surface area contributed by atoms with Gasteiger partial charge in [-0.15, -0.1) is 0 Å². The van der Waals surface area contributed by atoms with E-state index in [9.17, 15) is 19.8 Å². The van der Waals surface area contributed by atoms with Crippen molar-refractivity contribution >= 4 is 11.6 Å². The lowest BCUT2D eigenvalue weighted by molar-refractivity contribution is -0.163. The third-order valence-electron chi connectivity index (χ3n) is 2.82. The third kappa shape index (κ3) is 3.82. The minimum atomic E-state index is -1.91. The Balaban J connectivity index is 2.01. The SMILES string of the molecule is O=C(c1ccccc1)[C@@H](O)O[C@H](O)C(=O)c1ccccc1. The van der Waals surface area contributed by atoms with Crippen molar-refractivity contribution in [2.75, 3.05) is 0 Å². The van der Waals surface area contributed by atoms with E-state index in [4.69, 9.17) is 4.74 Å². The zero-order valence-electron chi connectivity index (χ0n) is 11.0. The Kier molecular flexibility index (Phi) is 4.94. The van der Waals surface area contributed by atoms with E-state index in [1.807, 2.05) is 0 Å². The first-order valence-corrected chi connectivity index (χ1v) is 6.29. The molecule has 0 saturated carbocycles. The highest BCUT2D eigenvalue weighted by Crippen LogP contribution is 2.09. The largest absolute Gasteiger partial charge is 0.362 e. The molecular weight excluding hydrogens is 272 g/mol. The number of carbonyl (C=O) groups excluding carboxylic acids is 2. The lowest BCUT2D eigenvalue weighted by Crippen LogP contribution is -2.34. The summed E-state index contributed by atoms with van der Waals surface area (Å²) in [5.74, 6) is -1.45. The fourth-order valence-electron chi connectivity index (χ4n) is 1.74. The first-order valence-electron chi connectivity index (χ1n) is 6.29. The van der Waals surface area contributed by atoms with Gasteiger partial charge in [-0.2, -0.15) is 0 Å². The van der Waals surface area contributed by atoms with Crippen molar-refractivity contribution in [1.82, 2.24) is 0 Å². The standard InChI is InChI=1S/C16H14O5/c17-13(11-7-3-1-4-8-11)15(19)21-16(20)14(18)12-9-5-2-6-10-12/h1-10,15-16,19-20H/t15-,16-/m0/s1. The molecule has 0 unspecified atom stereocenters. The summed E-state index contributed by atoms with van der Waals surface area (Å²) in [5.41, 5.74) is 0.453. The minimum Gasteiger partial charge on any atom is -0.362 e. The van der Waals surface area contributed by atoms with Crippen molar-refractivity contribution < 1.29 is 24.5 Å². The monoisotopic (exact) mass is 286 g/mol. The van der Waals surface area contributed by atoms with Crippen LogP contribution in [0.4, 0.5) is 0 Å². The smallest absolute Gasteiger partial charge is 0.223 e. The van der Waals surface area contributed by atoms with Gasteiger partial charge in [-0.05, 0) is 0 Å². The second kappa shape index (κ2) is 6.90. The van der Waals surface area contributed by atoms with Crippen LogP contribution in [-0.2, 0) is 4.74 Å². The van der Waals surface area contributed by atoms with Gasteiger partial charge in [0.25, 0.3) is 0 Å². The van der Waals surface area contributed by atoms with E-state index >= 15 is 0 Å². The first kappa shape index (κ1) is 15.1. The number of ether oxygens (including phenoxy) is 1. The number of rotatable bonds is 6. The Hall–Kier alpha value is -2.34. The molecule has 0 amide bonds. The maximum Gasteiger partial charge on any atom is 0.223 e. The second-order valence-electron chi connectivity index (χ2n) is 4.30. The maximum absolute atomic E-state index is 11.8. The number of carbonyl (C=O) groups is 2. The van der Waals surface area contributed by atoms with Crippen LogP contribution in [0.25, 0.3) is 0 Å². The van der Waals surface area contributed by atoms with E-state index in [2.05, 4.69) is 0 Å². The van der Waals surface area contributed by atoms with Crippen molar-refractivity contribution in [3.63, 3.8) is 0 Å². The summed E-state index contributed by atoms with van der Waals surface area (Å²) in [6.45, 7) is 0. The van der Waals surface area contributed by atoms with E-state index in [0.717, 1.165) is 0 Å². The van der Waals surface area contributed by atoms with Gasteiger partial charge in [-0.25, -0.2) is 0 Å². The second-order valence-corrected chi connectivity index (χ2v) is 4.30. The fraction of sp³-hybridized carbons (Fsp3) is 0.125. The van der Waals surface area contributed by atoms with Gasteiger partial charge in [0.05, 0.1) is 0 Å². The molecule has 2 rings (SSSR count). The van der Waals surface area contributed by atoms with Crippen molar-refractivity contribution in [3.05, 3.63) is 71.8 Å². The predicted octanol–water partition coefficient (Wildman–Crippen LogP) is 1.41. The molecule has 5 heteroatoms. The van der Waals surface area contributed by atoms with Crippen LogP contribution >= 0.6 is 0 Å². The Labute approximate surface area is 121 Å². The molecule has 5 nitrogen and oxygen atoms in total. The van der Waals surface area contributed by atoms with E-state index in [1.54, 1.807) is 36.4 Å². The first-order chi connectivity index (χ1) is 10.1. The van der Waals surface area contributed by atoms with Gasteiger partial charge < -0.3 is 14.9 Å². The van der Waals surface area contributed by atoms with Crippen molar-refractivity contribution in [2.45, 2.75) is 12.6 Å². The average Bonchev–Trinajstić information content (AvgIpc) is 2.55. The lowest BCUT2D eigenvalue weighted by atomic mass is 10.1. The van der Waals surface area contributed by atoms with Gasteiger partial charge in [-0.3, -0.25) is 9.59 Å². The highest BCUT2D eigenvalue weighted by atomic mass is 16.7. The Morgan fingerprint density at radius 3 is 1.38 bits per heavy atom. The molecule has 0 fully saturated rings. The molecule has 0 saturated heterocycles. The van der Waals surface area contributed by atoms with Gasteiger partial charge in [0.2, 0.25) is 24.1 Å². The molecule has 21 heavy (non-hydrogen) atoms. The predicted molar refractivity (Wildman–Crippen MR) is 74.6 cm³/mol. The summed E-state index contributed by atoms with van der Waals surface area (Å²) in [6, 6.07) is 16.0. The van der Waals surface area contributed by atoms with Crippen molar-refractivity contribution in [3.8, 4) is 0 Å². The molecule has 2 aromatic carbocycles. The lowest BCUT2D eigenvalue weighted by Gasteiger charge is -2.15. The Morgan fingerprint density at radius 1 is 0.714 bits per heavy atom. The minimum absolute atomic E-state index is 0.226. The number of hydrogen-bond acceptors (Lipinski definition) is 5. The van der Waals surface area contributed by atoms with E-state index in [-0.39, 0.29) is 11.1 Å². The molecule has 0 aliphatic rings. The number of Topliss-reactive ketones (excluding diaryl/α,β-unsaturated/α-hetero) is 2. The molecule has 0 heterocycles. The number of ketones is 2. The van der Waals surface area contributed by atoms with E-state index in [1.165, 1.54) is 24.3 Å². The van der Waals surface area contributed by atoms with Crippen LogP contribution in [-0.4, -0.2) is 34.4 Å². The molecule has 0 radical (unpaired) electrons. The van der Waals surface area contributed by atoms with Crippen molar-refractivity contribution in [2.24, 2.45) is 0 Å². The van der Waals surface area contributed by atoms with Gasteiger partial charge in [0.1, 0.15) is 0 Å².